The Labute approximate surface area is 134 Å². The van der Waals surface area contributed by atoms with Gasteiger partial charge in [0.1, 0.15) is 0 Å². The highest BCUT2D eigenvalue weighted by molar-refractivity contribution is 7.98. The highest BCUT2D eigenvalue weighted by Gasteiger charge is 2.26. The fraction of sp³-hybridized carbons (Fsp3) is 0.714. The summed E-state index contributed by atoms with van der Waals surface area (Å²) in [5, 5.41) is 1.07. The first-order valence-corrected chi connectivity index (χ1v) is 9.46. The standard InChI is InChI=1S/C14H24N4OS2/c1-10-11(2)21-14(16-10)18-7-5-17(6-8-18)13(19)12(15)4-9-20-3/h12H,4-9,15H2,1-3H3/t12-/m1/s1. The lowest BCUT2D eigenvalue weighted by Gasteiger charge is -2.35. The molecule has 1 aromatic rings. The van der Waals surface area contributed by atoms with Crippen molar-refractivity contribution in [3.05, 3.63) is 10.6 Å². The molecule has 1 saturated heterocycles. The van der Waals surface area contributed by atoms with Gasteiger partial charge in [-0.15, -0.1) is 11.3 Å². The highest BCUT2D eigenvalue weighted by atomic mass is 32.2. The Morgan fingerprint density at radius 3 is 2.57 bits per heavy atom. The van der Waals surface area contributed by atoms with Gasteiger partial charge in [-0.1, -0.05) is 0 Å². The molecule has 2 rings (SSSR count). The largest absolute Gasteiger partial charge is 0.345 e. The van der Waals surface area contributed by atoms with Gasteiger partial charge >= 0.3 is 0 Å². The predicted octanol–water partition coefficient (Wildman–Crippen LogP) is 1.49. The first kappa shape index (κ1) is 16.6. The monoisotopic (exact) mass is 328 g/mol. The van der Waals surface area contributed by atoms with Crippen molar-refractivity contribution in [1.29, 1.82) is 0 Å². The SMILES string of the molecule is CSCC[C@@H](N)C(=O)N1CCN(c2nc(C)c(C)s2)CC1. The van der Waals surface area contributed by atoms with Gasteiger partial charge in [0.05, 0.1) is 11.7 Å². The quantitative estimate of drug-likeness (QED) is 0.887. The number of rotatable bonds is 5. The molecule has 1 amide bonds. The maximum absolute atomic E-state index is 12.3. The minimum Gasteiger partial charge on any atom is -0.345 e. The second-order valence-electron chi connectivity index (χ2n) is 5.34. The van der Waals surface area contributed by atoms with E-state index in [0.29, 0.717) is 0 Å². The van der Waals surface area contributed by atoms with E-state index in [0.717, 1.165) is 49.2 Å². The van der Waals surface area contributed by atoms with Crippen LogP contribution in [0, 0.1) is 13.8 Å². The Bertz CT molecular complexity index is 464. The number of carbonyl (C=O) groups is 1. The second kappa shape index (κ2) is 7.47. The van der Waals surface area contributed by atoms with E-state index in [1.807, 2.05) is 18.1 Å². The van der Waals surface area contributed by atoms with E-state index in [2.05, 4.69) is 16.8 Å². The van der Waals surface area contributed by atoms with Crippen LogP contribution in [0.25, 0.3) is 0 Å². The number of nitrogens with two attached hydrogens (primary N) is 1. The third kappa shape index (κ3) is 4.11. The number of hydrogen-bond acceptors (Lipinski definition) is 6. The van der Waals surface area contributed by atoms with Crippen LogP contribution in [0.1, 0.15) is 17.0 Å². The maximum Gasteiger partial charge on any atom is 0.239 e. The zero-order valence-electron chi connectivity index (χ0n) is 13.0. The summed E-state index contributed by atoms with van der Waals surface area (Å²) in [4.78, 5) is 22.3. The molecule has 0 aromatic carbocycles. The van der Waals surface area contributed by atoms with Gasteiger partial charge in [-0.3, -0.25) is 4.79 Å². The van der Waals surface area contributed by atoms with Crippen LogP contribution >= 0.6 is 23.1 Å². The van der Waals surface area contributed by atoms with Crippen LogP contribution < -0.4 is 10.6 Å². The van der Waals surface area contributed by atoms with Crippen LogP contribution in [-0.4, -0.2) is 60.0 Å². The third-order valence-electron chi connectivity index (χ3n) is 3.83. The molecule has 1 aromatic heterocycles. The zero-order chi connectivity index (χ0) is 15.4. The number of piperazine rings is 1. The van der Waals surface area contributed by atoms with Gasteiger partial charge in [0, 0.05) is 31.1 Å². The minimum absolute atomic E-state index is 0.0928. The Kier molecular flexibility index (Phi) is 5.89. The summed E-state index contributed by atoms with van der Waals surface area (Å²) in [6.07, 6.45) is 2.79. The number of aryl methyl sites for hydroxylation is 2. The average Bonchev–Trinajstić information content (AvgIpc) is 2.83. The van der Waals surface area contributed by atoms with Gasteiger partial charge < -0.3 is 15.5 Å². The first-order valence-electron chi connectivity index (χ1n) is 7.25. The molecule has 0 saturated carbocycles. The van der Waals surface area contributed by atoms with Gasteiger partial charge in [0.25, 0.3) is 0 Å². The van der Waals surface area contributed by atoms with E-state index in [1.54, 1.807) is 23.1 Å². The molecular weight excluding hydrogens is 304 g/mol. The molecule has 0 aliphatic carbocycles. The Balaban J connectivity index is 1.86. The van der Waals surface area contributed by atoms with Gasteiger partial charge in [0.15, 0.2) is 5.13 Å². The molecule has 21 heavy (non-hydrogen) atoms. The van der Waals surface area contributed by atoms with Crippen LogP contribution in [0.4, 0.5) is 5.13 Å². The maximum atomic E-state index is 12.3. The zero-order valence-corrected chi connectivity index (χ0v) is 14.6. The number of nitrogens with zero attached hydrogens (tertiary/aromatic N) is 3. The lowest BCUT2D eigenvalue weighted by molar-refractivity contribution is -0.132. The van der Waals surface area contributed by atoms with Gasteiger partial charge in [-0.2, -0.15) is 11.8 Å². The molecule has 2 heterocycles. The molecule has 118 valence electrons. The summed E-state index contributed by atoms with van der Waals surface area (Å²) in [5.74, 6) is 1.03. The molecule has 0 radical (unpaired) electrons. The number of carbonyl (C=O) groups excluding carboxylic acids is 1. The van der Waals surface area contributed by atoms with Crippen molar-refractivity contribution in [2.24, 2.45) is 5.73 Å². The van der Waals surface area contributed by atoms with E-state index < -0.39 is 0 Å². The van der Waals surface area contributed by atoms with Gasteiger partial charge in [0.2, 0.25) is 5.91 Å². The number of thioether (sulfide) groups is 1. The van der Waals surface area contributed by atoms with Crippen LogP contribution in [0.15, 0.2) is 0 Å². The molecule has 1 aliphatic heterocycles. The summed E-state index contributed by atoms with van der Waals surface area (Å²) < 4.78 is 0. The normalized spacial score (nSPS) is 17.1. The minimum atomic E-state index is -0.353. The second-order valence-corrected chi connectivity index (χ2v) is 7.51. The summed E-state index contributed by atoms with van der Waals surface area (Å²) >= 11 is 3.46. The van der Waals surface area contributed by atoms with Crippen molar-refractivity contribution in [2.75, 3.05) is 43.1 Å². The Morgan fingerprint density at radius 2 is 2.05 bits per heavy atom. The molecule has 2 N–H and O–H groups in total. The van der Waals surface area contributed by atoms with Gasteiger partial charge in [-0.05, 0) is 32.3 Å². The molecule has 0 unspecified atom stereocenters. The van der Waals surface area contributed by atoms with Crippen molar-refractivity contribution in [3.63, 3.8) is 0 Å². The number of thiazole rings is 1. The van der Waals surface area contributed by atoms with Crippen LogP contribution in [0.5, 0.6) is 0 Å². The molecule has 5 nitrogen and oxygen atoms in total. The Morgan fingerprint density at radius 1 is 1.38 bits per heavy atom. The number of amides is 1. The van der Waals surface area contributed by atoms with Crippen molar-refractivity contribution in [1.82, 2.24) is 9.88 Å². The number of anilines is 1. The van der Waals surface area contributed by atoms with Crippen molar-refractivity contribution < 1.29 is 4.79 Å². The topological polar surface area (TPSA) is 62.5 Å². The molecular formula is C14H24N4OS2. The highest BCUT2D eigenvalue weighted by Crippen LogP contribution is 2.26. The van der Waals surface area contributed by atoms with Crippen LogP contribution in [0.2, 0.25) is 0 Å². The van der Waals surface area contributed by atoms with E-state index in [-0.39, 0.29) is 11.9 Å². The summed E-state index contributed by atoms with van der Waals surface area (Å²) in [5.41, 5.74) is 7.08. The summed E-state index contributed by atoms with van der Waals surface area (Å²) in [7, 11) is 0. The van der Waals surface area contributed by atoms with E-state index in [4.69, 9.17) is 5.73 Å². The summed E-state index contributed by atoms with van der Waals surface area (Å²) in [6, 6.07) is -0.353. The molecule has 1 atom stereocenters. The molecule has 1 aliphatic rings. The van der Waals surface area contributed by atoms with Crippen LogP contribution in [-0.2, 0) is 4.79 Å². The number of aromatic nitrogens is 1. The van der Waals surface area contributed by atoms with Gasteiger partial charge in [-0.25, -0.2) is 4.98 Å². The fourth-order valence-electron chi connectivity index (χ4n) is 2.31. The van der Waals surface area contributed by atoms with E-state index in [1.165, 1.54) is 4.88 Å². The van der Waals surface area contributed by atoms with E-state index in [9.17, 15) is 4.79 Å². The van der Waals surface area contributed by atoms with Crippen molar-refractivity contribution in [3.8, 4) is 0 Å². The third-order valence-corrected chi connectivity index (χ3v) is 5.61. The Hall–Kier alpha value is -0.790. The molecule has 1 fully saturated rings. The first-order chi connectivity index (χ1) is 10.0. The van der Waals surface area contributed by atoms with Crippen molar-refractivity contribution in [2.45, 2.75) is 26.3 Å². The molecule has 0 spiro atoms. The lowest BCUT2D eigenvalue weighted by Crippen LogP contribution is -2.53. The van der Waals surface area contributed by atoms with Crippen molar-refractivity contribution >= 4 is 34.1 Å². The average molecular weight is 329 g/mol. The van der Waals surface area contributed by atoms with Crippen LogP contribution in [0.3, 0.4) is 0 Å². The lowest BCUT2D eigenvalue weighted by atomic mass is 10.2. The smallest absolute Gasteiger partial charge is 0.239 e. The predicted molar refractivity (Wildman–Crippen MR) is 91.4 cm³/mol. The summed E-state index contributed by atoms with van der Waals surface area (Å²) in [6.45, 7) is 7.30. The fourth-order valence-corrected chi connectivity index (χ4v) is 3.76. The van der Waals surface area contributed by atoms with E-state index >= 15 is 0 Å². The number of hydrogen-bond donors (Lipinski definition) is 1. The molecule has 7 heteroatoms. The molecule has 0 bridgehead atoms.